The van der Waals surface area contributed by atoms with E-state index in [9.17, 15) is 0 Å². The molecule has 0 aromatic heterocycles. The number of hydrogen-bond donors (Lipinski definition) is 2. The minimum absolute atomic E-state index is 0. The minimum Gasteiger partial charge on any atom is -0.497 e. The Labute approximate surface area is 208 Å². The number of anilines is 1. The van der Waals surface area contributed by atoms with Gasteiger partial charge in [0.15, 0.2) is 17.5 Å². The Morgan fingerprint density at radius 1 is 1.03 bits per heavy atom. The molecule has 0 spiro atoms. The molecule has 176 valence electrons. The Balaban J connectivity index is 0.00000363. The second kappa shape index (κ2) is 13.2. The van der Waals surface area contributed by atoms with Gasteiger partial charge < -0.3 is 29.7 Å². The summed E-state index contributed by atoms with van der Waals surface area (Å²) in [4.78, 5) is 6.78. The standard InChI is InChI=1S/C24H34N4O3.HI/c1-25-24(26-12-10-18-8-9-22(30-3)23(14-18)31-4)27-16-19-11-13-28(17-19)20-6-5-7-21(15-20)29-2;/h5-9,14-15,19H,10-13,16-17H2,1-4H3,(H2,25,26,27);1H. The van der Waals surface area contributed by atoms with E-state index < -0.39 is 0 Å². The van der Waals surface area contributed by atoms with Gasteiger partial charge in [0, 0.05) is 45.0 Å². The lowest BCUT2D eigenvalue weighted by molar-refractivity contribution is 0.354. The Morgan fingerprint density at radius 3 is 2.56 bits per heavy atom. The third-order valence-electron chi connectivity index (χ3n) is 5.64. The topological polar surface area (TPSA) is 67.4 Å². The van der Waals surface area contributed by atoms with Crippen LogP contribution in [0.2, 0.25) is 0 Å². The monoisotopic (exact) mass is 554 g/mol. The van der Waals surface area contributed by atoms with Gasteiger partial charge in [-0.05, 0) is 48.6 Å². The van der Waals surface area contributed by atoms with Gasteiger partial charge in [-0.25, -0.2) is 0 Å². The number of nitrogens with zero attached hydrogens (tertiary/aromatic N) is 2. The van der Waals surface area contributed by atoms with Crippen LogP contribution in [0.4, 0.5) is 5.69 Å². The van der Waals surface area contributed by atoms with Gasteiger partial charge >= 0.3 is 0 Å². The highest BCUT2D eigenvalue weighted by Crippen LogP contribution is 2.28. The molecule has 0 amide bonds. The molecular weight excluding hydrogens is 519 g/mol. The van der Waals surface area contributed by atoms with Gasteiger partial charge in [0.2, 0.25) is 0 Å². The number of rotatable bonds is 9. The molecule has 1 unspecified atom stereocenters. The molecule has 32 heavy (non-hydrogen) atoms. The number of nitrogens with one attached hydrogen (secondary N) is 2. The molecular formula is C24H35IN4O3. The van der Waals surface area contributed by atoms with E-state index in [1.807, 2.05) is 31.3 Å². The lowest BCUT2D eigenvalue weighted by Gasteiger charge is -2.20. The van der Waals surface area contributed by atoms with Crippen molar-refractivity contribution in [1.29, 1.82) is 0 Å². The molecule has 0 radical (unpaired) electrons. The molecule has 7 nitrogen and oxygen atoms in total. The maximum Gasteiger partial charge on any atom is 0.190 e. The quantitative estimate of drug-likeness (QED) is 0.281. The summed E-state index contributed by atoms with van der Waals surface area (Å²) in [5, 5.41) is 6.88. The molecule has 3 rings (SSSR count). The van der Waals surface area contributed by atoms with Crippen LogP contribution in [0.1, 0.15) is 12.0 Å². The Bertz CT molecular complexity index is 878. The summed E-state index contributed by atoms with van der Waals surface area (Å²) < 4.78 is 16.0. The van der Waals surface area contributed by atoms with E-state index in [2.05, 4.69) is 38.7 Å². The molecule has 1 atom stereocenters. The lowest BCUT2D eigenvalue weighted by Crippen LogP contribution is -2.41. The first-order valence-electron chi connectivity index (χ1n) is 10.7. The number of methoxy groups -OCH3 is 3. The number of benzene rings is 2. The molecule has 1 aliphatic rings. The molecule has 1 aliphatic heterocycles. The van der Waals surface area contributed by atoms with Crippen molar-refractivity contribution in [3.05, 3.63) is 48.0 Å². The van der Waals surface area contributed by atoms with E-state index in [4.69, 9.17) is 14.2 Å². The molecule has 0 aliphatic carbocycles. The predicted octanol–water partition coefficient (Wildman–Crippen LogP) is 3.56. The van der Waals surface area contributed by atoms with Gasteiger partial charge in [0.25, 0.3) is 0 Å². The summed E-state index contributed by atoms with van der Waals surface area (Å²) in [5.41, 5.74) is 2.41. The average Bonchev–Trinajstić information content (AvgIpc) is 3.30. The van der Waals surface area contributed by atoms with Gasteiger partial charge in [-0.2, -0.15) is 0 Å². The smallest absolute Gasteiger partial charge is 0.190 e. The minimum atomic E-state index is 0. The van der Waals surface area contributed by atoms with Crippen LogP contribution in [0.5, 0.6) is 17.2 Å². The zero-order valence-corrected chi connectivity index (χ0v) is 21.7. The van der Waals surface area contributed by atoms with Gasteiger partial charge in [-0.3, -0.25) is 4.99 Å². The van der Waals surface area contributed by atoms with Crippen molar-refractivity contribution in [2.24, 2.45) is 10.9 Å². The van der Waals surface area contributed by atoms with Crippen molar-refractivity contribution in [1.82, 2.24) is 10.6 Å². The molecule has 2 N–H and O–H groups in total. The fourth-order valence-corrected chi connectivity index (χ4v) is 3.86. The van der Waals surface area contributed by atoms with Gasteiger partial charge in [-0.15, -0.1) is 24.0 Å². The molecule has 0 bridgehead atoms. The Morgan fingerprint density at radius 2 is 1.84 bits per heavy atom. The van der Waals surface area contributed by atoms with Crippen molar-refractivity contribution in [3.8, 4) is 17.2 Å². The van der Waals surface area contributed by atoms with Crippen LogP contribution in [-0.4, -0.2) is 60.5 Å². The number of aliphatic imine (C=N–C) groups is 1. The van der Waals surface area contributed by atoms with E-state index in [-0.39, 0.29) is 24.0 Å². The van der Waals surface area contributed by atoms with Crippen LogP contribution in [0.15, 0.2) is 47.5 Å². The zero-order chi connectivity index (χ0) is 22.1. The summed E-state index contributed by atoms with van der Waals surface area (Å²) >= 11 is 0. The largest absolute Gasteiger partial charge is 0.497 e. The van der Waals surface area contributed by atoms with Crippen molar-refractivity contribution < 1.29 is 14.2 Å². The molecule has 0 saturated carbocycles. The first-order valence-corrected chi connectivity index (χ1v) is 10.7. The fourth-order valence-electron chi connectivity index (χ4n) is 3.86. The van der Waals surface area contributed by atoms with Crippen molar-refractivity contribution >= 4 is 35.6 Å². The van der Waals surface area contributed by atoms with Crippen LogP contribution in [0, 0.1) is 5.92 Å². The summed E-state index contributed by atoms with van der Waals surface area (Å²) in [7, 11) is 6.82. The van der Waals surface area contributed by atoms with Crippen LogP contribution >= 0.6 is 24.0 Å². The Kier molecular flexibility index (Phi) is 10.7. The number of guanidine groups is 1. The maximum atomic E-state index is 5.38. The van der Waals surface area contributed by atoms with Crippen LogP contribution in [0.3, 0.4) is 0 Å². The second-order valence-electron chi connectivity index (χ2n) is 7.62. The average molecular weight is 554 g/mol. The lowest BCUT2D eigenvalue weighted by atomic mass is 10.1. The summed E-state index contributed by atoms with van der Waals surface area (Å²) in [6.45, 7) is 3.78. The second-order valence-corrected chi connectivity index (χ2v) is 7.62. The van der Waals surface area contributed by atoms with Gasteiger partial charge in [-0.1, -0.05) is 12.1 Å². The normalized spacial score (nSPS) is 15.7. The van der Waals surface area contributed by atoms with E-state index >= 15 is 0 Å². The third-order valence-corrected chi connectivity index (χ3v) is 5.64. The summed E-state index contributed by atoms with van der Waals surface area (Å²) in [5.74, 6) is 3.81. The Hall–Kier alpha value is -2.36. The van der Waals surface area contributed by atoms with Crippen LogP contribution in [0.25, 0.3) is 0 Å². The predicted molar refractivity (Wildman–Crippen MR) is 141 cm³/mol. The number of ether oxygens (including phenoxy) is 3. The molecule has 1 fully saturated rings. The zero-order valence-electron chi connectivity index (χ0n) is 19.4. The summed E-state index contributed by atoms with van der Waals surface area (Å²) in [6.07, 6.45) is 2.03. The molecule has 8 heteroatoms. The molecule has 1 heterocycles. The first-order chi connectivity index (χ1) is 15.2. The van der Waals surface area contributed by atoms with Crippen LogP contribution in [-0.2, 0) is 6.42 Å². The van der Waals surface area contributed by atoms with E-state index in [1.165, 1.54) is 11.3 Å². The van der Waals surface area contributed by atoms with Crippen molar-refractivity contribution in [2.75, 3.05) is 59.5 Å². The van der Waals surface area contributed by atoms with Crippen LogP contribution < -0.4 is 29.7 Å². The van der Waals surface area contributed by atoms with Crippen molar-refractivity contribution in [2.45, 2.75) is 12.8 Å². The number of hydrogen-bond acceptors (Lipinski definition) is 5. The van der Waals surface area contributed by atoms with E-state index in [0.717, 1.165) is 62.2 Å². The summed E-state index contributed by atoms with van der Waals surface area (Å²) in [6, 6.07) is 14.3. The van der Waals surface area contributed by atoms with Gasteiger partial charge in [0.1, 0.15) is 5.75 Å². The SMILES string of the molecule is CN=C(NCCc1ccc(OC)c(OC)c1)NCC1CCN(c2cccc(OC)c2)C1.I. The molecule has 2 aromatic rings. The highest BCUT2D eigenvalue weighted by molar-refractivity contribution is 14.0. The van der Waals surface area contributed by atoms with E-state index in [0.29, 0.717) is 5.92 Å². The van der Waals surface area contributed by atoms with Gasteiger partial charge in [0.05, 0.1) is 21.3 Å². The first kappa shape index (κ1) is 25.9. The van der Waals surface area contributed by atoms with E-state index in [1.54, 1.807) is 21.3 Å². The maximum absolute atomic E-state index is 5.38. The molecule has 2 aromatic carbocycles. The molecule has 1 saturated heterocycles. The van der Waals surface area contributed by atoms with Crippen molar-refractivity contribution in [3.63, 3.8) is 0 Å². The fraction of sp³-hybridized carbons (Fsp3) is 0.458. The third kappa shape index (κ3) is 7.08. The highest BCUT2D eigenvalue weighted by atomic mass is 127. The number of halogens is 1. The highest BCUT2D eigenvalue weighted by Gasteiger charge is 2.23.